The topological polar surface area (TPSA) is 40.5 Å². The Labute approximate surface area is 60.5 Å². The van der Waals surface area contributed by atoms with Crippen molar-refractivity contribution >= 4 is 0 Å². The summed E-state index contributed by atoms with van der Waals surface area (Å²) in [4.78, 5) is 0. The summed E-state index contributed by atoms with van der Waals surface area (Å²) >= 11 is 0. The summed E-state index contributed by atoms with van der Waals surface area (Å²) in [5, 5.41) is 18.3. The van der Waals surface area contributed by atoms with E-state index < -0.39 is 6.10 Å². The molecule has 2 N–H and O–H groups in total. The molecular weight excluding hydrogens is 128 g/mol. The van der Waals surface area contributed by atoms with Gasteiger partial charge in [0.2, 0.25) is 0 Å². The molecule has 1 rings (SSSR count). The maximum absolute atomic E-state index is 9.20. The first-order valence-electron chi connectivity index (χ1n) is 3.38. The summed E-state index contributed by atoms with van der Waals surface area (Å²) in [6, 6.07) is 0. The molecule has 2 nitrogen and oxygen atoms in total. The third-order valence-corrected chi connectivity index (χ3v) is 1.70. The van der Waals surface area contributed by atoms with Crippen LogP contribution in [0.2, 0.25) is 0 Å². The van der Waals surface area contributed by atoms with Crippen molar-refractivity contribution in [1.82, 2.24) is 0 Å². The van der Waals surface area contributed by atoms with Gasteiger partial charge in [-0.2, -0.15) is 0 Å². The minimum absolute atomic E-state index is 0.0324. The van der Waals surface area contributed by atoms with Gasteiger partial charge in [-0.15, -0.1) is 0 Å². The second kappa shape index (κ2) is 2.46. The summed E-state index contributed by atoms with van der Waals surface area (Å²) < 4.78 is 0. The second-order valence-corrected chi connectivity index (χ2v) is 2.78. The third-order valence-electron chi connectivity index (χ3n) is 1.70. The van der Waals surface area contributed by atoms with Gasteiger partial charge in [0.1, 0.15) is 11.9 Å². The summed E-state index contributed by atoms with van der Waals surface area (Å²) in [6.07, 6.45) is 2.82. The quantitative estimate of drug-likeness (QED) is 0.533. The molecule has 0 aromatic carbocycles. The number of aliphatic hydroxyl groups is 2. The van der Waals surface area contributed by atoms with Crippen molar-refractivity contribution < 1.29 is 10.2 Å². The third kappa shape index (κ3) is 1.21. The van der Waals surface area contributed by atoms with Crippen molar-refractivity contribution in [2.45, 2.75) is 20.0 Å². The van der Waals surface area contributed by atoms with Gasteiger partial charge in [-0.3, -0.25) is 0 Å². The molecule has 56 valence electrons. The molecule has 0 aliphatic heterocycles. The van der Waals surface area contributed by atoms with E-state index in [0.717, 1.165) is 5.57 Å². The zero-order valence-electron chi connectivity index (χ0n) is 6.20. The van der Waals surface area contributed by atoms with Crippen molar-refractivity contribution in [2.24, 2.45) is 5.92 Å². The molecule has 0 amide bonds. The van der Waals surface area contributed by atoms with Crippen LogP contribution in [0.25, 0.3) is 0 Å². The van der Waals surface area contributed by atoms with Crippen LogP contribution in [-0.4, -0.2) is 16.3 Å². The number of hydrogen-bond acceptors (Lipinski definition) is 2. The van der Waals surface area contributed by atoms with Crippen LogP contribution in [0.5, 0.6) is 0 Å². The molecule has 0 saturated carbocycles. The van der Waals surface area contributed by atoms with E-state index in [2.05, 4.69) is 0 Å². The number of aliphatic hydroxyl groups excluding tert-OH is 2. The van der Waals surface area contributed by atoms with E-state index in [1.165, 1.54) is 0 Å². The summed E-state index contributed by atoms with van der Waals surface area (Å²) in [7, 11) is 0. The Morgan fingerprint density at radius 1 is 1.50 bits per heavy atom. The van der Waals surface area contributed by atoms with Crippen molar-refractivity contribution in [2.75, 3.05) is 0 Å². The van der Waals surface area contributed by atoms with Gasteiger partial charge in [0.05, 0.1) is 0 Å². The summed E-state index contributed by atoms with van der Waals surface area (Å²) in [5.74, 6) is 0.109. The molecule has 0 aromatic heterocycles. The zero-order chi connectivity index (χ0) is 7.72. The monoisotopic (exact) mass is 140 g/mol. The van der Waals surface area contributed by atoms with Gasteiger partial charge in [0, 0.05) is 5.92 Å². The fourth-order valence-electron chi connectivity index (χ4n) is 1.14. The van der Waals surface area contributed by atoms with E-state index >= 15 is 0 Å². The fraction of sp³-hybridized carbons (Fsp3) is 0.500. The molecule has 0 spiro atoms. The first-order valence-corrected chi connectivity index (χ1v) is 3.38. The Kier molecular flexibility index (Phi) is 1.81. The lowest BCUT2D eigenvalue weighted by Gasteiger charge is -2.19. The Balaban J connectivity index is 2.85. The summed E-state index contributed by atoms with van der Waals surface area (Å²) in [5.41, 5.74) is 1.01. The highest BCUT2D eigenvalue weighted by atomic mass is 16.3. The first kappa shape index (κ1) is 7.35. The Morgan fingerprint density at radius 2 is 2.10 bits per heavy atom. The predicted octanol–water partition coefficient (Wildman–Crippen LogP) is 1.39. The highest BCUT2D eigenvalue weighted by Gasteiger charge is 2.19. The van der Waals surface area contributed by atoms with Gasteiger partial charge in [0.25, 0.3) is 0 Å². The SMILES string of the molecule is CC1=CC(C)C(O)C(O)=C1. The van der Waals surface area contributed by atoms with Gasteiger partial charge in [-0.25, -0.2) is 0 Å². The van der Waals surface area contributed by atoms with E-state index in [1.54, 1.807) is 6.08 Å². The number of hydrogen-bond donors (Lipinski definition) is 2. The van der Waals surface area contributed by atoms with E-state index in [0.29, 0.717) is 0 Å². The molecule has 1 aliphatic carbocycles. The van der Waals surface area contributed by atoms with Crippen LogP contribution in [0.15, 0.2) is 23.5 Å². The van der Waals surface area contributed by atoms with Crippen LogP contribution in [0.1, 0.15) is 13.8 Å². The van der Waals surface area contributed by atoms with Crippen LogP contribution in [-0.2, 0) is 0 Å². The Bertz CT molecular complexity index is 191. The molecule has 0 fully saturated rings. The van der Waals surface area contributed by atoms with Crippen molar-refractivity contribution in [3.63, 3.8) is 0 Å². The molecule has 0 saturated heterocycles. The largest absolute Gasteiger partial charge is 0.510 e. The highest BCUT2D eigenvalue weighted by molar-refractivity contribution is 5.26. The maximum atomic E-state index is 9.20. The molecule has 0 heterocycles. The van der Waals surface area contributed by atoms with Crippen molar-refractivity contribution in [3.8, 4) is 0 Å². The predicted molar refractivity (Wildman–Crippen MR) is 39.6 cm³/mol. The molecule has 1 aliphatic rings. The molecule has 10 heavy (non-hydrogen) atoms. The van der Waals surface area contributed by atoms with Gasteiger partial charge in [-0.05, 0) is 13.0 Å². The summed E-state index contributed by atoms with van der Waals surface area (Å²) in [6.45, 7) is 3.77. The fourth-order valence-corrected chi connectivity index (χ4v) is 1.14. The molecule has 2 unspecified atom stereocenters. The Morgan fingerprint density at radius 3 is 2.60 bits per heavy atom. The molecule has 0 bridgehead atoms. The normalized spacial score (nSPS) is 33.1. The molecule has 0 aromatic rings. The Hall–Kier alpha value is -0.760. The standard InChI is InChI=1S/C8H12O2/c1-5-3-6(2)8(10)7(9)4-5/h3-4,6,8-10H,1-2H3. The molecular formula is C8H12O2. The number of rotatable bonds is 0. The van der Waals surface area contributed by atoms with E-state index in [1.807, 2.05) is 19.9 Å². The molecule has 0 radical (unpaired) electrons. The van der Waals surface area contributed by atoms with Gasteiger partial charge < -0.3 is 10.2 Å². The molecule has 2 heteroatoms. The highest BCUT2D eigenvalue weighted by Crippen LogP contribution is 2.20. The minimum atomic E-state index is -0.705. The van der Waals surface area contributed by atoms with Crippen LogP contribution >= 0.6 is 0 Å². The lowest BCUT2D eigenvalue weighted by atomic mass is 9.94. The van der Waals surface area contributed by atoms with E-state index in [-0.39, 0.29) is 11.7 Å². The van der Waals surface area contributed by atoms with Crippen molar-refractivity contribution in [1.29, 1.82) is 0 Å². The average Bonchev–Trinajstić information content (AvgIpc) is 1.82. The lowest BCUT2D eigenvalue weighted by molar-refractivity contribution is 0.119. The van der Waals surface area contributed by atoms with Crippen LogP contribution in [0.4, 0.5) is 0 Å². The molecule has 2 atom stereocenters. The van der Waals surface area contributed by atoms with Crippen LogP contribution < -0.4 is 0 Å². The first-order chi connectivity index (χ1) is 4.61. The maximum Gasteiger partial charge on any atom is 0.122 e. The minimum Gasteiger partial charge on any atom is -0.510 e. The second-order valence-electron chi connectivity index (χ2n) is 2.78. The van der Waals surface area contributed by atoms with Gasteiger partial charge in [-0.1, -0.05) is 18.6 Å². The van der Waals surface area contributed by atoms with E-state index in [4.69, 9.17) is 5.11 Å². The average molecular weight is 140 g/mol. The number of allylic oxidation sites excluding steroid dienone is 2. The van der Waals surface area contributed by atoms with Gasteiger partial charge in [0.15, 0.2) is 0 Å². The smallest absolute Gasteiger partial charge is 0.122 e. The van der Waals surface area contributed by atoms with E-state index in [9.17, 15) is 5.11 Å². The van der Waals surface area contributed by atoms with Crippen LogP contribution in [0.3, 0.4) is 0 Å². The van der Waals surface area contributed by atoms with Crippen molar-refractivity contribution in [3.05, 3.63) is 23.5 Å². The van der Waals surface area contributed by atoms with Crippen LogP contribution in [0, 0.1) is 5.92 Å². The lowest BCUT2D eigenvalue weighted by Crippen LogP contribution is -2.21. The zero-order valence-corrected chi connectivity index (χ0v) is 6.20. The van der Waals surface area contributed by atoms with Gasteiger partial charge >= 0.3 is 0 Å².